The highest BCUT2D eigenvalue weighted by atomic mass is 19.4. The number of rotatable bonds is 6. The smallest absolute Gasteiger partial charge is 0.389 e. The number of carbonyl (C=O) groups is 1. The van der Waals surface area contributed by atoms with Crippen molar-refractivity contribution in [3.05, 3.63) is 35.4 Å². The zero-order valence-electron chi connectivity index (χ0n) is 12.1. The molecule has 0 aromatic heterocycles. The molecule has 22 heavy (non-hydrogen) atoms. The topological polar surface area (TPSA) is 58.6 Å². The number of alkyl halides is 3. The van der Waals surface area contributed by atoms with E-state index in [9.17, 15) is 23.1 Å². The molecule has 2 N–H and O–H groups in total. The predicted molar refractivity (Wildman–Crippen MR) is 73.2 cm³/mol. The van der Waals surface area contributed by atoms with E-state index in [2.05, 4.69) is 5.32 Å². The fraction of sp³-hybridized carbons (Fsp3) is 0.533. The summed E-state index contributed by atoms with van der Waals surface area (Å²) in [6, 6.07) is 5.33. The zero-order chi connectivity index (χ0) is 16.3. The highest BCUT2D eigenvalue weighted by molar-refractivity contribution is 5.83. The summed E-state index contributed by atoms with van der Waals surface area (Å²) in [4.78, 5) is 11.9. The summed E-state index contributed by atoms with van der Waals surface area (Å²) in [6.45, 7) is 0.113. The molecular weight excluding hydrogens is 299 g/mol. The van der Waals surface area contributed by atoms with E-state index in [-0.39, 0.29) is 24.6 Å². The summed E-state index contributed by atoms with van der Waals surface area (Å²) in [5, 5.41) is 12.0. The fourth-order valence-electron chi connectivity index (χ4n) is 2.51. The van der Waals surface area contributed by atoms with Crippen LogP contribution in [-0.4, -0.2) is 37.4 Å². The second-order valence-corrected chi connectivity index (χ2v) is 5.39. The van der Waals surface area contributed by atoms with Gasteiger partial charge in [0.25, 0.3) is 0 Å². The Kier molecular flexibility index (Phi) is 5.08. The number of hydrogen-bond acceptors (Lipinski definition) is 3. The van der Waals surface area contributed by atoms with Crippen LogP contribution in [0.3, 0.4) is 0 Å². The molecule has 1 amide bonds. The molecule has 7 heteroatoms. The van der Waals surface area contributed by atoms with Gasteiger partial charge in [-0.2, -0.15) is 13.2 Å². The summed E-state index contributed by atoms with van der Waals surface area (Å²) in [6.07, 6.45) is -4.86. The summed E-state index contributed by atoms with van der Waals surface area (Å²) >= 11 is 0. The summed E-state index contributed by atoms with van der Waals surface area (Å²) in [5.41, 5.74) is -0.526. The molecule has 1 fully saturated rings. The Bertz CT molecular complexity index is 533. The second kappa shape index (κ2) is 6.66. The van der Waals surface area contributed by atoms with E-state index in [4.69, 9.17) is 4.74 Å². The van der Waals surface area contributed by atoms with Gasteiger partial charge in [-0.25, -0.2) is 0 Å². The molecule has 4 nitrogen and oxygen atoms in total. The number of aliphatic hydroxyl groups is 1. The van der Waals surface area contributed by atoms with Gasteiger partial charge < -0.3 is 15.2 Å². The van der Waals surface area contributed by atoms with Gasteiger partial charge in [-0.3, -0.25) is 4.79 Å². The minimum Gasteiger partial charge on any atom is -0.389 e. The van der Waals surface area contributed by atoms with E-state index in [0.29, 0.717) is 6.42 Å². The lowest BCUT2D eigenvalue weighted by Gasteiger charge is -2.13. The molecule has 1 aromatic rings. The van der Waals surface area contributed by atoms with Crippen molar-refractivity contribution in [3.8, 4) is 0 Å². The minimum absolute atomic E-state index is 0.0246. The number of methoxy groups -OCH3 is 1. The first-order valence-electron chi connectivity index (χ1n) is 6.95. The van der Waals surface area contributed by atoms with Crippen LogP contribution in [0.2, 0.25) is 0 Å². The first-order chi connectivity index (χ1) is 10.3. The van der Waals surface area contributed by atoms with E-state index in [1.54, 1.807) is 6.07 Å². The van der Waals surface area contributed by atoms with E-state index in [1.165, 1.54) is 19.2 Å². The number of halogens is 3. The van der Waals surface area contributed by atoms with Gasteiger partial charge in [-0.1, -0.05) is 18.2 Å². The van der Waals surface area contributed by atoms with Crippen LogP contribution in [-0.2, 0) is 15.7 Å². The number of ether oxygens (including phenoxy) is 1. The van der Waals surface area contributed by atoms with E-state index in [0.717, 1.165) is 6.07 Å². The Labute approximate surface area is 126 Å². The molecule has 3 unspecified atom stereocenters. The molecule has 1 saturated carbocycles. The Hall–Kier alpha value is -1.60. The highest BCUT2D eigenvalue weighted by Gasteiger charge is 2.47. The van der Waals surface area contributed by atoms with Crippen molar-refractivity contribution < 1.29 is 27.8 Å². The van der Waals surface area contributed by atoms with Crippen molar-refractivity contribution >= 4 is 5.91 Å². The van der Waals surface area contributed by atoms with Gasteiger partial charge in [-0.05, 0) is 24.0 Å². The second-order valence-electron chi connectivity index (χ2n) is 5.39. The molecule has 1 aliphatic carbocycles. The first-order valence-corrected chi connectivity index (χ1v) is 6.95. The Morgan fingerprint density at radius 2 is 2.14 bits per heavy atom. The highest BCUT2D eigenvalue weighted by Crippen LogP contribution is 2.50. The maximum Gasteiger partial charge on any atom is 0.416 e. The third-order valence-corrected chi connectivity index (χ3v) is 3.66. The van der Waals surface area contributed by atoms with Gasteiger partial charge in [-0.15, -0.1) is 0 Å². The molecule has 0 spiro atoms. The molecule has 1 aromatic carbocycles. The quantitative estimate of drug-likeness (QED) is 0.843. The summed E-state index contributed by atoms with van der Waals surface area (Å²) < 4.78 is 43.6. The Balaban J connectivity index is 1.97. The number of benzene rings is 1. The van der Waals surface area contributed by atoms with Crippen LogP contribution in [0.25, 0.3) is 0 Å². The molecule has 0 saturated heterocycles. The summed E-state index contributed by atoms with van der Waals surface area (Å²) in [5.74, 6) is -1.23. The van der Waals surface area contributed by atoms with Crippen molar-refractivity contribution in [2.45, 2.75) is 24.6 Å². The van der Waals surface area contributed by atoms with Crippen LogP contribution in [0.15, 0.2) is 24.3 Å². The lowest BCUT2D eigenvalue weighted by Crippen LogP contribution is -2.35. The zero-order valence-corrected chi connectivity index (χ0v) is 12.1. The molecule has 0 heterocycles. The molecule has 0 aliphatic heterocycles. The normalized spacial score (nSPS) is 22.2. The lowest BCUT2D eigenvalue weighted by molar-refractivity contribution is -0.138. The van der Waals surface area contributed by atoms with Crippen molar-refractivity contribution in [1.82, 2.24) is 5.32 Å². The van der Waals surface area contributed by atoms with Gasteiger partial charge in [0, 0.05) is 19.6 Å². The van der Waals surface area contributed by atoms with Gasteiger partial charge in [0.2, 0.25) is 5.91 Å². The number of nitrogens with one attached hydrogen (secondary N) is 1. The molecule has 122 valence electrons. The van der Waals surface area contributed by atoms with Gasteiger partial charge >= 0.3 is 6.18 Å². The first kappa shape index (κ1) is 16.8. The average Bonchev–Trinajstić information content (AvgIpc) is 3.24. The molecular formula is C15H18F3NO3. The predicted octanol–water partition coefficient (Wildman–Crippen LogP) is 1.93. The SMILES string of the molecule is COCC(O)CNC(=O)C1CC1c1ccccc1C(F)(F)F. The van der Waals surface area contributed by atoms with Crippen LogP contribution in [0.1, 0.15) is 23.5 Å². The van der Waals surface area contributed by atoms with Gasteiger partial charge in [0.1, 0.15) is 0 Å². The monoisotopic (exact) mass is 317 g/mol. The van der Waals surface area contributed by atoms with Crippen molar-refractivity contribution in [1.29, 1.82) is 0 Å². The van der Waals surface area contributed by atoms with Crippen LogP contribution in [0.4, 0.5) is 13.2 Å². The van der Waals surface area contributed by atoms with E-state index < -0.39 is 29.7 Å². The lowest BCUT2D eigenvalue weighted by atomic mass is 10.0. The maximum atomic E-state index is 13.0. The van der Waals surface area contributed by atoms with E-state index >= 15 is 0 Å². The molecule has 3 atom stereocenters. The molecule has 0 radical (unpaired) electrons. The number of hydrogen-bond donors (Lipinski definition) is 2. The Morgan fingerprint density at radius 1 is 1.45 bits per heavy atom. The standard InChI is InChI=1S/C15H18F3NO3/c1-22-8-9(20)7-19-14(21)12-6-11(12)10-4-2-3-5-13(10)15(16,17)18/h2-5,9,11-12,20H,6-8H2,1H3,(H,19,21). The number of carbonyl (C=O) groups excluding carboxylic acids is 1. The van der Waals surface area contributed by atoms with Gasteiger partial charge in [0.05, 0.1) is 18.3 Å². The third kappa shape index (κ3) is 3.98. The third-order valence-electron chi connectivity index (χ3n) is 3.66. The van der Waals surface area contributed by atoms with Crippen molar-refractivity contribution in [2.24, 2.45) is 5.92 Å². The van der Waals surface area contributed by atoms with Crippen LogP contribution in [0, 0.1) is 5.92 Å². The Morgan fingerprint density at radius 3 is 2.77 bits per heavy atom. The van der Waals surface area contributed by atoms with Crippen LogP contribution in [0.5, 0.6) is 0 Å². The minimum atomic E-state index is -4.42. The fourth-order valence-corrected chi connectivity index (χ4v) is 2.51. The molecule has 0 bridgehead atoms. The van der Waals surface area contributed by atoms with Crippen LogP contribution >= 0.6 is 0 Å². The number of aliphatic hydroxyl groups excluding tert-OH is 1. The largest absolute Gasteiger partial charge is 0.416 e. The summed E-state index contributed by atoms with van der Waals surface area (Å²) in [7, 11) is 1.43. The van der Waals surface area contributed by atoms with Gasteiger partial charge in [0.15, 0.2) is 0 Å². The average molecular weight is 317 g/mol. The number of amides is 1. The molecule has 1 aliphatic rings. The van der Waals surface area contributed by atoms with Crippen molar-refractivity contribution in [2.75, 3.05) is 20.3 Å². The maximum absolute atomic E-state index is 13.0. The molecule has 2 rings (SSSR count). The van der Waals surface area contributed by atoms with Crippen LogP contribution < -0.4 is 5.32 Å². The van der Waals surface area contributed by atoms with Crippen molar-refractivity contribution in [3.63, 3.8) is 0 Å². The van der Waals surface area contributed by atoms with E-state index in [1.807, 2.05) is 0 Å².